The van der Waals surface area contributed by atoms with Crippen molar-refractivity contribution < 1.29 is 0 Å². The maximum atomic E-state index is 5.13. The van der Waals surface area contributed by atoms with Crippen LogP contribution in [0.3, 0.4) is 0 Å². The van der Waals surface area contributed by atoms with Crippen LogP contribution in [-0.4, -0.2) is 0 Å². The van der Waals surface area contributed by atoms with E-state index in [9.17, 15) is 0 Å². The summed E-state index contributed by atoms with van der Waals surface area (Å²) in [7, 11) is 0. The van der Waals surface area contributed by atoms with Gasteiger partial charge in [0.25, 0.3) is 0 Å². The second kappa shape index (κ2) is 6.30. The summed E-state index contributed by atoms with van der Waals surface area (Å²) in [6, 6.07) is 0. The van der Waals surface area contributed by atoms with Crippen LogP contribution in [0.15, 0.2) is 6.08 Å². The molecule has 0 bridgehead atoms. The van der Waals surface area contributed by atoms with Crippen molar-refractivity contribution in [2.45, 2.75) is 25.7 Å². The van der Waals surface area contributed by atoms with E-state index in [2.05, 4.69) is 5.92 Å². The average Bonchev–Trinajstić information content (AvgIpc) is 1.81. The summed E-state index contributed by atoms with van der Waals surface area (Å²) < 4.78 is 0. The lowest BCUT2D eigenvalue weighted by Gasteiger charge is -1.87. The van der Waals surface area contributed by atoms with Gasteiger partial charge in [-0.1, -0.05) is 12.7 Å². The summed E-state index contributed by atoms with van der Waals surface area (Å²) in [4.78, 5) is 0. The molecule has 0 heterocycles. The predicted octanol–water partition coefficient (Wildman–Crippen LogP) is 2.17. The lowest BCUT2D eigenvalue weighted by atomic mass is 10.2. The van der Waals surface area contributed by atoms with Crippen LogP contribution in [0.5, 0.6) is 0 Å². The molecular weight excluding hydrogens is 96.1 g/mol. The minimum atomic E-state index is 0.883. The molecule has 0 aliphatic carbocycles. The van der Waals surface area contributed by atoms with E-state index in [1.54, 1.807) is 6.08 Å². The van der Waals surface area contributed by atoms with Gasteiger partial charge in [-0.2, -0.15) is 0 Å². The number of rotatable bonds is 4. The van der Waals surface area contributed by atoms with Crippen LogP contribution >= 0.6 is 0 Å². The fourth-order valence-electron chi connectivity index (χ4n) is 0.489. The Bertz CT molecular complexity index is 84.7. The highest BCUT2D eigenvalue weighted by molar-refractivity contribution is 4.83. The molecular formula is C8H11. The molecule has 0 atom stereocenters. The first-order valence-electron chi connectivity index (χ1n) is 2.88. The highest BCUT2D eigenvalue weighted by Crippen LogP contribution is 1.97. The van der Waals surface area contributed by atoms with Crippen molar-refractivity contribution in [2.75, 3.05) is 0 Å². The third-order valence-corrected chi connectivity index (χ3v) is 0.942. The normalized spacial score (nSPS) is 7.88. The Labute approximate surface area is 51.6 Å². The molecule has 0 spiro atoms. The number of hydrogen-bond donors (Lipinski definition) is 0. The van der Waals surface area contributed by atoms with E-state index < -0.39 is 0 Å². The van der Waals surface area contributed by atoms with Crippen LogP contribution in [0.25, 0.3) is 0 Å². The van der Waals surface area contributed by atoms with Gasteiger partial charge in [0.15, 0.2) is 0 Å². The standard InChI is InChI=1S/C8H11/c1-3-5-7-8-6-4-2/h1-3H,5-8H2. The molecule has 0 unspecified atom stereocenters. The summed E-state index contributed by atoms with van der Waals surface area (Å²) in [5, 5.41) is 0. The fraction of sp³-hybridized carbons (Fsp3) is 0.500. The Morgan fingerprint density at radius 1 is 1.38 bits per heavy atom. The highest BCUT2D eigenvalue weighted by Gasteiger charge is 1.79. The third kappa shape index (κ3) is 5.30. The SMILES string of the molecule is [CH]=CCCCCC#C. The lowest BCUT2D eigenvalue weighted by Crippen LogP contribution is -1.70. The molecule has 0 N–H and O–H groups in total. The Morgan fingerprint density at radius 3 is 2.62 bits per heavy atom. The first kappa shape index (κ1) is 7.30. The second-order valence-electron chi connectivity index (χ2n) is 1.69. The first-order valence-corrected chi connectivity index (χ1v) is 2.88. The third-order valence-electron chi connectivity index (χ3n) is 0.942. The molecule has 0 saturated carbocycles. The number of terminal acetylenes is 1. The topological polar surface area (TPSA) is 0 Å². The monoisotopic (exact) mass is 107 g/mol. The Hall–Kier alpha value is -0.700. The van der Waals surface area contributed by atoms with E-state index in [0.29, 0.717) is 0 Å². The van der Waals surface area contributed by atoms with Crippen molar-refractivity contribution in [3.05, 3.63) is 12.7 Å². The highest BCUT2D eigenvalue weighted by atomic mass is 13.8. The van der Waals surface area contributed by atoms with Gasteiger partial charge in [0.1, 0.15) is 0 Å². The minimum absolute atomic E-state index is 0.883. The molecule has 8 heavy (non-hydrogen) atoms. The average molecular weight is 107 g/mol. The molecule has 0 rings (SSSR count). The maximum Gasteiger partial charge on any atom is 0.00861 e. The minimum Gasteiger partial charge on any atom is -0.120 e. The molecule has 0 aliphatic heterocycles. The van der Waals surface area contributed by atoms with Gasteiger partial charge in [0.2, 0.25) is 0 Å². The molecule has 43 valence electrons. The number of allylic oxidation sites excluding steroid dienone is 1. The maximum absolute atomic E-state index is 5.13. The molecule has 0 amide bonds. The van der Waals surface area contributed by atoms with Gasteiger partial charge < -0.3 is 0 Å². The first-order chi connectivity index (χ1) is 3.91. The van der Waals surface area contributed by atoms with Gasteiger partial charge in [-0.25, -0.2) is 0 Å². The molecule has 0 aromatic heterocycles. The van der Waals surface area contributed by atoms with Crippen molar-refractivity contribution in [3.8, 4) is 12.3 Å². The Balaban J connectivity index is 2.74. The zero-order valence-electron chi connectivity index (χ0n) is 5.06. The van der Waals surface area contributed by atoms with Gasteiger partial charge in [-0.05, 0) is 19.3 Å². The van der Waals surface area contributed by atoms with E-state index in [1.165, 1.54) is 0 Å². The van der Waals surface area contributed by atoms with Crippen molar-refractivity contribution in [1.29, 1.82) is 0 Å². The molecule has 0 nitrogen and oxygen atoms in total. The molecule has 1 radical (unpaired) electrons. The second-order valence-corrected chi connectivity index (χ2v) is 1.69. The van der Waals surface area contributed by atoms with Crippen molar-refractivity contribution in [1.82, 2.24) is 0 Å². The van der Waals surface area contributed by atoms with Crippen LogP contribution in [0.1, 0.15) is 25.7 Å². The summed E-state index contributed by atoms with van der Waals surface area (Å²) >= 11 is 0. The predicted molar refractivity (Wildman–Crippen MR) is 36.2 cm³/mol. The molecule has 0 aromatic rings. The van der Waals surface area contributed by atoms with Crippen molar-refractivity contribution >= 4 is 0 Å². The zero-order valence-corrected chi connectivity index (χ0v) is 5.06. The Morgan fingerprint density at radius 2 is 2.12 bits per heavy atom. The molecule has 0 saturated heterocycles. The van der Waals surface area contributed by atoms with E-state index in [0.717, 1.165) is 25.7 Å². The van der Waals surface area contributed by atoms with Crippen LogP contribution < -0.4 is 0 Å². The van der Waals surface area contributed by atoms with Crippen LogP contribution in [0.4, 0.5) is 0 Å². The van der Waals surface area contributed by atoms with Crippen molar-refractivity contribution in [2.24, 2.45) is 0 Å². The summed E-state index contributed by atoms with van der Waals surface area (Å²) in [6.45, 7) is 5.13. The smallest absolute Gasteiger partial charge is 0.00861 e. The molecule has 0 heteroatoms. The number of unbranched alkanes of at least 4 members (excludes halogenated alkanes) is 3. The van der Waals surface area contributed by atoms with Crippen LogP contribution in [0.2, 0.25) is 0 Å². The fourth-order valence-corrected chi connectivity index (χ4v) is 0.489. The van der Waals surface area contributed by atoms with E-state index >= 15 is 0 Å². The lowest BCUT2D eigenvalue weighted by molar-refractivity contribution is 0.772. The van der Waals surface area contributed by atoms with E-state index in [4.69, 9.17) is 13.0 Å². The molecule has 0 aromatic carbocycles. The van der Waals surface area contributed by atoms with Gasteiger partial charge in [-0.3, -0.25) is 0 Å². The summed E-state index contributed by atoms with van der Waals surface area (Å²) in [5.74, 6) is 2.57. The quantitative estimate of drug-likeness (QED) is 0.381. The van der Waals surface area contributed by atoms with Gasteiger partial charge in [-0.15, -0.1) is 12.3 Å². The number of hydrogen-bond acceptors (Lipinski definition) is 0. The van der Waals surface area contributed by atoms with Crippen LogP contribution in [-0.2, 0) is 0 Å². The summed E-state index contributed by atoms with van der Waals surface area (Å²) in [6.07, 6.45) is 10.8. The van der Waals surface area contributed by atoms with Crippen molar-refractivity contribution in [3.63, 3.8) is 0 Å². The van der Waals surface area contributed by atoms with Gasteiger partial charge in [0.05, 0.1) is 0 Å². The zero-order chi connectivity index (χ0) is 6.24. The van der Waals surface area contributed by atoms with E-state index in [1.807, 2.05) is 0 Å². The summed E-state index contributed by atoms with van der Waals surface area (Å²) in [5.41, 5.74) is 0. The van der Waals surface area contributed by atoms with E-state index in [-0.39, 0.29) is 0 Å². The molecule has 0 fully saturated rings. The largest absolute Gasteiger partial charge is 0.120 e. The Kier molecular flexibility index (Phi) is 5.75. The van der Waals surface area contributed by atoms with Gasteiger partial charge in [0, 0.05) is 6.42 Å². The molecule has 0 aliphatic rings. The van der Waals surface area contributed by atoms with Crippen LogP contribution in [0, 0.1) is 18.9 Å². The van der Waals surface area contributed by atoms with Gasteiger partial charge >= 0.3 is 0 Å².